The van der Waals surface area contributed by atoms with E-state index in [1.807, 2.05) is 18.2 Å². The van der Waals surface area contributed by atoms with Crippen LogP contribution in [0.25, 0.3) is 6.08 Å². The van der Waals surface area contributed by atoms with Crippen molar-refractivity contribution in [1.82, 2.24) is 0 Å². The molecule has 0 fully saturated rings. The lowest BCUT2D eigenvalue weighted by Gasteiger charge is -2.02. The number of carbonyl (C=O) groups excluding carboxylic acids is 1. The molecule has 0 amide bonds. The van der Waals surface area contributed by atoms with Crippen molar-refractivity contribution in [2.45, 2.75) is 0 Å². The number of allylic oxidation sites excluding steroid dienone is 1. The van der Waals surface area contributed by atoms with Gasteiger partial charge in [0.1, 0.15) is 5.75 Å². The monoisotopic (exact) mass is 288 g/mol. The number of methoxy groups -OCH3 is 1. The second kappa shape index (κ2) is 5.93. The lowest BCUT2D eigenvalue weighted by Crippen LogP contribution is -1.92. The predicted octanol–water partition coefficient (Wildman–Crippen LogP) is 3.28. The molecule has 0 radical (unpaired) electrons. The van der Waals surface area contributed by atoms with E-state index < -0.39 is 0 Å². The SMILES string of the molecule is COc1ccc(C=CC(=O)CCl)c(Br)c1. The van der Waals surface area contributed by atoms with Crippen molar-refractivity contribution in [3.8, 4) is 5.75 Å². The van der Waals surface area contributed by atoms with Crippen LogP contribution in [0.3, 0.4) is 0 Å². The normalized spacial score (nSPS) is 10.6. The van der Waals surface area contributed by atoms with Crippen LogP contribution in [0.1, 0.15) is 5.56 Å². The fourth-order valence-corrected chi connectivity index (χ4v) is 1.58. The van der Waals surface area contributed by atoms with Crippen molar-refractivity contribution >= 4 is 39.4 Å². The molecule has 0 aromatic heterocycles. The van der Waals surface area contributed by atoms with E-state index in [0.29, 0.717) is 0 Å². The topological polar surface area (TPSA) is 26.3 Å². The van der Waals surface area contributed by atoms with Crippen molar-refractivity contribution in [2.75, 3.05) is 13.0 Å². The highest BCUT2D eigenvalue weighted by molar-refractivity contribution is 9.10. The molecule has 80 valence electrons. The summed E-state index contributed by atoms with van der Waals surface area (Å²) >= 11 is 8.76. The van der Waals surface area contributed by atoms with E-state index in [1.165, 1.54) is 6.08 Å². The van der Waals surface area contributed by atoms with Gasteiger partial charge in [-0.1, -0.05) is 28.1 Å². The number of alkyl halides is 1. The maximum Gasteiger partial charge on any atom is 0.170 e. The van der Waals surface area contributed by atoms with E-state index in [2.05, 4.69) is 15.9 Å². The summed E-state index contributed by atoms with van der Waals surface area (Å²) in [4.78, 5) is 11.0. The van der Waals surface area contributed by atoms with Crippen molar-refractivity contribution in [1.29, 1.82) is 0 Å². The molecular weight excluding hydrogens is 279 g/mol. The molecule has 1 rings (SSSR count). The highest BCUT2D eigenvalue weighted by Gasteiger charge is 1.99. The summed E-state index contributed by atoms with van der Waals surface area (Å²) < 4.78 is 5.93. The van der Waals surface area contributed by atoms with Crippen molar-refractivity contribution in [3.63, 3.8) is 0 Å². The van der Waals surface area contributed by atoms with Crippen LogP contribution in [0, 0.1) is 0 Å². The first-order valence-electron chi connectivity index (χ1n) is 4.28. The molecule has 0 N–H and O–H groups in total. The number of hydrogen-bond donors (Lipinski definition) is 0. The van der Waals surface area contributed by atoms with Gasteiger partial charge in [-0.25, -0.2) is 0 Å². The Balaban J connectivity index is 2.87. The molecular formula is C11H10BrClO2. The standard InChI is InChI=1S/C11H10BrClO2/c1-15-10-5-3-8(11(12)6-10)2-4-9(14)7-13/h2-6H,7H2,1H3. The maximum absolute atomic E-state index is 11.0. The first-order chi connectivity index (χ1) is 7.17. The minimum atomic E-state index is -0.112. The van der Waals surface area contributed by atoms with Crippen LogP contribution in [0.4, 0.5) is 0 Å². The summed E-state index contributed by atoms with van der Waals surface area (Å²) in [6.45, 7) is 0. The molecule has 2 nitrogen and oxygen atoms in total. The number of ketones is 1. The number of rotatable bonds is 4. The molecule has 0 saturated carbocycles. The van der Waals surface area contributed by atoms with Crippen LogP contribution < -0.4 is 4.74 Å². The number of carbonyl (C=O) groups is 1. The van der Waals surface area contributed by atoms with E-state index in [-0.39, 0.29) is 11.7 Å². The van der Waals surface area contributed by atoms with Gasteiger partial charge in [-0.15, -0.1) is 11.6 Å². The average molecular weight is 290 g/mol. The molecule has 1 aromatic rings. The second-order valence-corrected chi connectivity index (χ2v) is 3.94. The molecule has 4 heteroatoms. The maximum atomic E-state index is 11.0. The highest BCUT2D eigenvalue weighted by Crippen LogP contribution is 2.23. The molecule has 0 heterocycles. The van der Waals surface area contributed by atoms with E-state index in [9.17, 15) is 4.79 Å². The first kappa shape index (κ1) is 12.3. The summed E-state index contributed by atoms with van der Waals surface area (Å²) in [5, 5.41) is 0. The van der Waals surface area contributed by atoms with E-state index in [4.69, 9.17) is 16.3 Å². The molecule has 0 unspecified atom stereocenters. The molecule has 0 bridgehead atoms. The Morgan fingerprint density at radius 3 is 2.87 bits per heavy atom. The van der Waals surface area contributed by atoms with Gasteiger partial charge in [0, 0.05) is 4.47 Å². The van der Waals surface area contributed by atoms with Gasteiger partial charge >= 0.3 is 0 Å². The van der Waals surface area contributed by atoms with Crippen LogP contribution in [0.2, 0.25) is 0 Å². The smallest absolute Gasteiger partial charge is 0.170 e. The summed E-state index contributed by atoms with van der Waals surface area (Å²) in [5.41, 5.74) is 0.911. The van der Waals surface area contributed by atoms with Gasteiger partial charge in [0.25, 0.3) is 0 Å². The van der Waals surface area contributed by atoms with Gasteiger partial charge in [0.15, 0.2) is 5.78 Å². The highest BCUT2D eigenvalue weighted by atomic mass is 79.9. The second-order valence-electron chi connectivity index (χ2n) is 2.82. The molecule has 0 saturated heterocycles. The molecule has 15 heavy (non-hydrogen) atoms. The Morgan fingerprint density at radius 1 is 1.60 bits per heavy atom. The third-order valence-corrected chi connectivity index (χ3v) is 2.74. The Bertz CT molecular complexity index is 388. The van der Waals surface area contributed by atoms with Crippen molar-refractivity contribution in [2.24, 2.45) is 0 Å². The van der Waals surface area contributed by atoms with Gasteiger partial charge in [-0.3, -0.25) is 4.79 Å². The molecule has 1 aromatic carbocycles. The van der Waals surface area contributed by atoms with Crippen molar-refractivity contribution < 1.29 is 9.53 Å². The predicted molar refractivity (Wildman–Crippen MR) is 65.5 cm³/mol. The van der Waals surface area contributed by atoms with E-state index in [1.54, 1.807) is 13.2 Å². The zero-order chi connectivity index (χ0) is 11.3. The minimum Gasteiger partial charge on any atom is -0.497 e. The molecule has 0 atom stereocenters. The quantitative estimate of drug-likeness (QED) is 0.628. The van der Waals surface area contributed by atoms with Crippen LogP contribution in [-0.4, -0.2) is 18.8 Å². The number of hydrogen-bond acceptors (Lipinski definition) is 2. The van der Waals surface area contributed by atoms with Gasteiger partial charge in [0.2, 0.25) is 0 Å². The fraction of sp³-hybridized carbons (Fsp3) is 0.182. The first-order valence-corrected chi connectivity index (χ1v) is 5.60. The van der Waals surface area contributed by atoms with Crippen LogP contribution >= 0.6 is 27.5 Å². The Kier molecular flexibility index (Phi) is 4.85. The van der Waals surface area contributed by atoms with Crippen molar-refractivity contribution in [3.05, 3.63) is 34.3 Å². The zero-order valence-electron chi connectivity index (χ0n) is 8.17. The van der Waals surface area contributed by atoms with Crippen LogP contribution in [-0.2, 0) is 4.79 Å². The Hall–Kier alpha value is -0.800. The number of ether oxygens (including phenoxy) is 1. The lowest BCUT2D eigenvalue weighted by atomic mass is 10.2. The Morgan fingerprint density at radius 2 is 2.33 bits per heavy atom. The fourth-order valence-electron chi connectivity index (χ4n) is 0.997. The lowest BCUT2D eigenvalue weighted by molar-refractivity contribution is -0.112. The largest absolute Gasteiger partial charge is 0.497 e. The average Bonchev–Trinajstić information content (AvgIpc) is 2.26. The van der Waals surface area contributed by atoms with Gasteiger partial charge in [-0.05, 0) is 23.8 Å². The Labute approximate surface area is 102 Å². The summed E-state index contributed by atoms with van der Waals surface area (Å²) in [6, 6.07) is 5.53. The number of benzene rings is 1. The molecule has 0 spiro atoms. The van der Waals surface area contributed by atoms with Gasteiger partial charge < -0.3 is 4.74 Å². The third kappa shape index (κ3) is 3.68. The summed E-state index contributed by atoms with van der Waals surface area (Å²) in [7, 11) is 1.61. The minimum absolute atomic E-state index is 0.00424. The summed E-state index contributed by atoms with van der Waals surface area (Å²) in [5.74, 6) is 0.659. The molecule has 0 aliphatic carbocycles. The van der Waals surface area contributed by atoms with E-state index in [0.717, 1.165) is 15.8 Å². The molecule has 0 aliphatic heterocycles. The zero-order valence-corrected chi connectivity index (χ0v) is 10.5. The molecule has 0 aliphatic rings. The van der Waals surface area contributed by atoms with Gasteiger partial charge in [-0.2, -0.15) is 0 Å². The van der Waals surface area contributed by atoms with Crippen LogP contribution in [0.15, 0.2) is 28.7 Å². The summed E-state index contributed by atoms with van der Waals surface area (Å²) in [6.07, 6.45) is 3.17. The van der Waals surface area contributed by atoms with Gasteiger partial charge in [0.05, 0.1) is 13.0 Å². The number of halogens is 2. The van der Waals surface area contributed by atoms with Crippen LogP contribution in [0.5, 0.6) is 5.75 Å². The van der Waals surface area contributed by atoms with E-state index >= 15 is 0 Å². The third-order valence-electron chi connectivity index (χ3n) is 1.79.